The molecule has 3 aliphatic rings. The molecule has 3 amide bonds. The molecule has 2 saturated heterocycles. The van der Waals surface area contributed by atoms with Crippen molar-refractivity contribution in [1.82, 2.24) is 15.1 Å². The molecule has 0 bridgehead atoms. The molecule has 2 N–H and O–H groups in total. The third-order valence-corrected chi connectivity index (χ3v) is 7.30. The van der Waals surface area contributed by atoms with Crippen molar-refractivity contribution in [2.75, 3.05) is 32.7 Å². The Hall–Kier alpha value is -2.41. The van der Waals surface area contributed by atoms with E-state index in [1.807, 2.05) is 11.0 Å². The van der Waals surface area contributed by atoms with E-state index < -0.39 is 5.60 Å². The zero-order valence-corrected chi connectivity index (χ0v) is 18.1. The van der Waals surface area contributed by atoms with Gasteiger partial charge in [-0.2, -0.15) is 0 Å². The lowest BCUT2D eigenvalue weighted by Gasteiger charge is -2.48. The van der Waals surface area contributed by atoms with Gasteiger partial charge in [-0.3, -0.25) is 14.4 Å². The molecular formula is C24H33N3O4. The normalized spacial score (nSPS) is 28.5. The van der Waals surface area contributed by atoms with Gasteiger partial charge in [0.15, 0.2) is 0 Å². The standard InChI is InChI=1S/C24H33N3O4/c28-21(15-25-22(29)18-7-2-1-3-8-18)26-13-6-9-19(16-26)23(30)27-14-12-24(31)11-5-4-10-20(24)17-27/h1-3,7-8,19-20,31H,4-6,9-17H2,(H,25,29)/t19-,20-,24+/m0/s1. The van der Waals surface area contributed by atoms with Crippen LogP contribution in [0.5, 0.6) is 0 Å². The van der Waals surface area contributed by atoms with Crippen LogP contribution in [0.2, 0.25) is 0 Å². The predicted octanol–water partition coefficient (Wildman–Crippen LogP) is 1.81. The van der Waals surface area contributed by atoms with Crippen LogP contribution in [0.1, 0.15) is 55.3 Å². The van der Waals surface area contributed by atoms with Gasteiger partial charge in [-0.1, -0.05) is 31.0 Å². The monoisotopic (exact) mass is 427 g/mol. The minimum atomic E-state index is -0.597. The molecular weight excluding hydrogens is 394 g/mol. The van der Waals surface area contributed by atoms with Crippen molar-refractivity contribution in [1.29, 1.82) is 0 Å². The summed E-state index contributed by atoms with van der Waals surface area (Å²) in [7, 11) is 0. The first kappa shape index (κ1) is 21.8. The van der Waals surface area contributed by atoms with E-state index >= 15 is 0 Å². The van der Waals surface area contributed by atoms with Crippen molar-refractivity contribution in [3.8, 4) is 0 Å². The summed E-state index contributed by atoms with van der Waals surface area (Å²) in [5.41, 5.74) is -0.0737. The molecule has 168 valence electrons. The highest BCUT2D eigenvalue weighted by Gasteiger charge is 2.44. The van der Waals surface area contributed by atoms with Crippen LogP contribution < -0.4 is 5.32 Å². The Morgan fingerprint density at radius 1 is 0.968 bits per heavy atom. The van der Waals surface area contributed by atoms with Gasteiger partial charge >= 0.3 is 0 Å². The molecule has 31 heavy (non-hydrogen) atoms. The maximum Gasteiger partial charge on any atom is 0.251 e. The van der Waals surface area contributed by atoms with Crippen molar-refractivity contribution in [2.24, 2.45) is 11.8 Å². The largest absolute Gasteiger partial charge is 0.389 e. The van der Waals surface area contributed by atoms with E-state index in [9.17, 15) is 19.5 Å². The lowest BCUT2D eigenvalue weighted by Crippen LogP contribution is -2.57. The molecule has 7 heteroatoms. The summed E-state index contributed by atoms with van der Waals surface area (Å²) in [6, 6.07) is 8.82. The Labute approximate surface area is 183 Å². The first-order chi connectivity index (χ1) is 15.0. The van der Waals surface area contributed by atoms with Crippen LogP contribution in [-0.2, 0) is 9.59 Å². The second-order valence-electron chi connectivity index (χ2n) is 9.31. The smallest absolute Gasteiger partial charge is 0.251 e. The van der Waals surface area contributed by atoms with Gasteiger partial charge in [0, 0.05) is 37.7 Å². The zero-order valence-electron chi connectivity index (χ0n) is 18.1. The Morgan fingerprint density at radius 3 is 2.58 bits per heavy atom. The summed E-state index contributed by atoms with van der Waals surface area (Å²) in [4.78, 5) is 41.7. The van der Waals surface area contributed by atoms with Gasteiger partial charge in [-0.25, -0.2) is 0 Å². The first-order valence-corrected chi connectivity index (χ1v) is 11.6. The fourth-order valence-corrected chi connectivity index (χ4v) is 5.39. The maximum atomic E-state index is 13.2. The summed E-state index contributed by atoms with van der Waals surface area (Å²) in [6.45, 7) is 2.19. The van der Waals surface area contributed by atoms with Crippen molar-refractivity contribution >= 4 is 17.7 Å². The molecule has 1 aliphatic carbocycles. The van der Waals surface area contributed by atoms with Crippen LogP contribution in [0.25, 0.3) is 0 Å². The quantitative estimate of drug-likeness (QED) is 0.767. The van der Waals surface area contributed by atoms with Crippen LogP contribution in [0.4, 0.5) is 0 Å². The van der Waals surface area contributed by atoms with Crippen molar-refractivity contribution in [3.05, 3.63) is 35.9 Å². The highest BCUT2D eigenvalue weighted by molar-refractivity contribution is 5.96. The van der Waals surface area contributed by atoms with Crippen LogP contribution in [0, 0.1) is 11.8 Å². The number of piperidine rings is 2. The molecule has 2 heterocycles. The first-order valence-electron chi connectivity index (χ1n) is 11.6. The number of fused-ring (bicyclic) bond motifs is 1. The molecule has 2 aliphatic heterocycles. The number of benzene rings is 1. The Kier molecular flexibility index (Phi) is 6.60. The van der Waals surface area contributed by atoms with Gasteiger partial charge in [-0.15, -0.1) is 0 Å². The van der Waals surface area contributed by atoms with Crippen molar-refractivity contribution < 1.29 is 19.5 Å². The molecule has 3 fully saturated rings. The molecule has 1 aromatic rings. The lowest BCUT2D eigenvalue weighted by molar-refractivity contribution is -0.150. The second kappa shape index (κ2) is 9.39. The average molecular weight is 428 g/mol. The van der Waals surface area contributed by atoms with Crippen molar-refractivity contribution in [3.63, 3.8) is 0 Å². The fraction of sp³-hybridized carbons (Fsp3) is 0.625. The van der Waals surface area contributed by atoms with Gasteiger partial charge in [-0.05, 0) is 44.2 Å². The number of aliphatic hydroxyl groups is 1. The minimum Gasteiger partial charge on any atom is -0.389 e. The summed E-state index contributed by atoms with van der Waals surface area (Å²) in [6.07, 6.45) is 6.25. The summed E-state index contributed by atoms with van der Waals surface area (Å²) < 4.78 is 0. The molecule has 0 unspecified atom stereocenters. The van der Waals surface area contributed by atoms with E-state index in [1.165, 1.54) is 0 Å². The summed E-state index contributed by atoms with van der Waals surface area (Å²) in [5, 5.41) is 13.6. The summed E-state index contributed by atoms with van der Waals surface area (Å²) in [5.74, 6) is -0.335. The fourth-order valence-electron chi connectivity index (χ4n) is 5.39. The van der Waals surface area contributed by atoms with E-state index in [4.69, 9.17) is 0 Å². The Morgan fingerprint density at radius 2 is 1.77 bits per heavy atom. The predicted molar refractivity (Wildman–Crippen MR) is 116 cm³/mol. The SMILES string of the molecule is O=C(NCC(=O)N1CCC[C@H](C(=O)N2CC[C@]3(O)CCCC[C@H]3C2)C1)c1ccccc1. The van der Waals surface area contributed by atoms with Gasteiger partial charge < -0.3 is 20.2 Å². The molecule has 3 atom stereocenters. The minimum absolute atomic E-state index is 0.0620. The van der Waals surface area contributed by atoms with Gasteiger partial charge in [0.1, 0.15) is 0 Å². The number of carbonyl (C=O) groups excluding carboxylic acids is 3. The number of carbonyl (C=O) groups is 3. The Balaban J connectivity index is 1.29. The lowest BCUT2D eigenvalue weighted by atomic mass is 9.71. The average Bonchev–Trinajstić information content (AvgIpc) is 2.82. The van der Waals surface area contributed by atoms with Crippen LogP contribution >= 0.6 is 0 Å². The van der Waals surface area contributed by atoms with E-state index in [1.54, 1.807) is 29.2 Å². The Bertz CT molecular complexity index is 814. The number of likely N-dealkylation sites (tertiary alicyclic amines) is 2. The topological polar surface area (TPSA) is 90.0 Å². The molecule has 4 rings (SSSR count). The zero-order chi connectivity index (χ0) is 21.8. The molecule has 7 nitrogen and oxygen atoms in total. The van der Waals surface area contributed by atoms with Crippen LogP contribution in [0.15, 0.2) is 30.3 Å². The molecule has 0 radical (unpaired) electrons. The molecule has 1 aromatic carbocycles. The number of rotatable bonds is 4. The molecule has 0 spiro atoms. The molecule has 1 saturated carbocycles. The van der Waals surface area contributed by atoms with Crippen LogP contribution in [0.3, 0.4) is 0 Å². The van der Waals surface area contributed by atoms with Crippen LogP contribution in [-0.4, -0.2) is 71.0 Å². The van der Waals surface area contributed by atoms with E-state index in [0.717, 1.165) is 38.5 Å². The number of amides is 3. The second-order valence-corrected chi connectivity index (χ2v) is 9.31. The highest BCUT2D eigenvalue weighted by atomic mass is 16.3. The highest BCUT2D eigenvalue weighted by Crippen LogP contribution is 2.40. The third kappa shape index (κ3) is 4.92. The summed E-state index contributed by atoms with van der Waals surface area (Å²) >= 11 is 0. The third-order valence-electron chi connectivity index (χ3n) is 7.30. The van der Waals surface area contributed by atoms with E-state index in [-0.39, 0.29) is 36.1 Å². The number of hydrogen-bond donors (Lipinski definition) is 2. The number of nitrogens with zero attached hydrogens (tertiary/aromatic N) is 2. The maximum absolute atomic E-state index is 13.2. The van der Waals surface area contributed by atoms with Gasteiger partial charge in [0.05, 0.1) is 18.1 Å². The van der Waals surface area contributed by atoms with Crippen molar-refractivity contribution in [2.45, 2.75) is 50.5 Å². The number of nitrogens with one attached hydrogen (secondary N) is 1. The van der Waals surface area contributed by atoms with Gasteiger partial charge in [0.2, 0.25) is 11.8 Å². The van der Waals surface area contributed by atoms with E-state index in [2.05, 4.69) is 5.32 Å². The molecule has 0 aromatic heterocycles. The van der Waals surface area contributed by atoms with Gasteiger partial charge in [0.25, 0.3) is 5.91 Å². The van der Waals surface area contributed by atoms with E-state index in [0.29, 0.717) is 38.2 Å². The number of hydrogen-bond acceptors (Lipinski definition) is 4.